The van der Waals surface area contributed by atoms with E-state index < -0.39 is 41.6 Å². The van der Waals surface area contributed by atoms with E-state index in [1.165, 1.54) is 5.32 Å². The maximum Gasteiger partial charge on any atom is 0.471 e. The Kier molecular flexibility index (Phi) is 4.87. The zero-order valence-corrected chi connectivity index (χ0v) is 10.7. The number of rotatable bonds is 4. The third kappa shape index (κ3) is 4.92. The summed E-state index contributed by atoms with van der Waals surface area (Å²) in [5.74, 6) is -4.26. The molecule has 1 amide bonds. The van der Waals surface area contributed by atoms with Crippen LogP contribution in [0.2, 0.25) is 0 Å². The van der Waals surface area contributed by atoms with Crippen molar-refractivity contribution in [3.05, 3.63) is 21.9 Å². The van der Waals surface area contributed by atoms with E-state index in [2.05, 4.69) is 0 Å². The maximum absolute atomic E-state index is 12.3. The zero-order valence-electron chi connectivity index (χ0n) is 9.88. The van der Waals surface area contributed by atoms with Gasteiger partial charge in [-0.2, -0.15) is 26.3 Å². The number of carbonyl (C=O) groups is 2. The van der Waals surface area contributed by atoms with Crippen LogP contribution in [-0.4, -0.2) is 29.2 Å². The second-order valence-electron chi connectivity index (χ2n) is 3.88. The van der Waals surface area contributed by atoms with E-state index in [0.29, 0.717) is 6.07 Å². The van der Waals surface area contributed by atoms with Gasteiger partial charge in [0.2, 0.25) is 0 Å². The first-order valence-corrected chi connectivity index (χ1v) is 6.04. The van der Waals surface area contributed by atoms with Gasteiger partial charge in [0.25, 0.3) is 0 Å². The van der Waals surface area contributed by atoms with Crippen LogP contribution in [0.3, 0.4) is 0 Å². The molecule has 0 aliphatic carbocycles. The number of carboxylic acid groups (broad SMARTS) is 1. The molecule has 0 bridgehead atoms. The second-order valence-corrected chi connectivity index (χ2v) is 4.79. The van der Waals surface area contributed by atoms with Crippen molar-refractivity contribution in [1.82, 2.24) is 5.32 Å². The summed E-state index contributed by atoms with van der Waals surface area (Å²) in [4.78, 5) is 20.4. The molecule has 1 rings (SSSR count). The summed E-state index contributed by atoms with van der Waals surface area (Å²) in [5, 5.41) is 10.9. The minimum absolute atomic E-state index is 0.137. The molecule has 1 unspecified atom stereocenters. The average Bonchev–Trinajstić information content (AvgIpc) is 2.74. The van der Waals surface area contributed by atoms with Crippen LogP contribution >= 0.6 is 11.3 Å². The van der Waals surface area contributed by atoms with Crippen LogP contribution in [0, 0.1) is 0 Å². The van der Waals surface area contributed by atoms with Crippen LogP contribution in [0.4, 0.5) is 26.3 Å². The highest BCUT2D eigenvalue weighted by Crippen LogP contribution is 2.34. The van der Waals surface area contributed by atoms with Gasteiger partial charge in [-0.15, -0.1) is 11.3 Å². The summed E-state index contributed by atoms with van der Waals surface area (Å²) in [7, 11) is 0. The van der Waals surface area contributed by atoms with Crippen LogP contribution in [-0.2, 0) is 22.2 Å². The Morgan fingerprint density at radius 1 is 1.24 bits per heavy atom. The lowest BCUT2D eigenvalue weighted by molar-refractivity contribution is -0.175. The summed E-state index contributed by atoms with van der Waals surface area (Å²) < 4.78 is 73.1. The number of halogens is 6. The first kappa shape index (κ1) is 17.3. The highest BCUT2D eigenvalue weighted by molar-refractivity contribution is 7.10. The second kappa shape index (κ2) is 5.92. The largest absolute Gasteiger partial charge is 0.480 e. The quantitative estimate of drug-likeness (QED) is 0.831. The predicted molar refractivity (Wildman–Crippen MR) is 58.6 cm³/mol. The number of hydrogen-bond donors (Lipinski definition) is 2. The maximum atomic E-state index is 12.3. The number of amides is 1. The number of carboxylic acids is 1. The van der Waals surface area contributed by atoms with Gasteiger partial charge in [0, 0.05) is 6.42 Å². The number of carbonyl (C=O) groups excluding carboxylic acids is 1. The molecule has 1 heterocycles. The Bertz CT molecular complexity index is 536. The molecule has 1 atom stereocenters. The topological polar surface area (TPSA) is 66.4 Å². The molecule has 0 radical (unpaired) electrons. The number of alkyl halides is 6. The van der Waals surface area contributed by atoms with Crippen molar-refractivity contribution >= 4 is 23.2 Å². The molecule has 0 spiro atoms. The lowest BCUT2D eigenvalue weighted by atomic mass is 10.1. The monoisotopic (exact) mass is 335 g/mol. The molecule has 118 valence electrons. The van der Waals surface area contributed by atoms with Gasteiger partial charge in [-0.25, -0.2) is 4.79 Å². The molecule has 0 saturated carbocycles. The van der Waals surface area contributed by atoms with E-state index in [9.17, 15) is 35.9 Å². The number of hydrogen-bond acceptors (Lipinski definition) is 3. The van der Waals surface area contributed by atoms with Gasteiger partial charge < -0.3 is 10.4 Å². The van der Waals surface area contributed by atoms with Gasteiger partial charge in [0.1, 0.15) is 10.9 Å². The van der Waals surface area contributed by atoms with E-state index in [-0.39, 0.29) is 16.9 Å². The molecule has 0 fully saturated rings. The summed E-state index contributed by atoms with van der Waals surface area (Å²) in [6, 6.07) is -1.35. The fraction of sp³-hybridized carbons (Fsp3) is 0.400. The molecule has 2 N–H and O–H groups in total. The van der Waals surface area contributed by atoms with Crippen molar-refractivity contribution in [1.29, 1.82) is 0 Å². The minimum Gasteiger partial charge on any atom is -0.480 e. The number of nitrogens with one attached hydrogen (secondary N) is 1. The van der Waals surface area contributed by atoms with E-state index in [0.717, 1.165) is 5.38 Å². The summed E-state index contributed by atoms with van der Waals surface area (Å²) in [5.41, 5.74) is -0.137. The molecule has 11 heteroatoms. The van der Waals surface area contributed by atoms with E-state index in [4.69, 9.17) is 5.11 Å². The molecule has 0 aliphatic heterocycles. The van der Waals surface area contributed by atoms with Gasteiger partial charge in [-0.05, 0) is 17.0 Å². The van der Waals surface area contributed by atoms with Crippen LogP contribution < -0.4 is 5.32 Å². The number of thiophene rings is 1. The molecule has 4 nitrogen and oxygen atoms in total. The first-order valence-electron chi connectivity index (χ1n) is 5.16. The highest BCUT2D eigenvalue weighted by atomic mass is 32.1. The molecule has 0 aromatic carbocycles. The van der Waals surface area contributed by atoms with Gasteiger partial charge in [-0.3, -0.25) is 4.79 Å². The summed E-state index contributed by atoms with van der Waals surface area (Å²) >= 11 is 0.282. The molecule has 21 heavy (non-hydrogen) atoms. The van der Waals surface area contributed by atoms with E-state index in [1.807, 2.05) is 0 Å². The molecule has 0 aliphatic rings. The van der Waals surface area contributed by atoms with Crippen molar-refractivity contribution in [3.63, 3.8) is 0 Å². The number of aliphatic carboxylic acids is 1. The Morgan fingerprint density at radius 3 is 2.19 bits per heavy atom. The van der Waals surface area contributed by atoms with Crippen molar-refractivity contribution in [2.45, 2.75) is 24.8 Å². The predicted octanol–water partition coefficient (Wildman–Crippen LogP) is 2.44. The Hall–Kier alpha value is -1.78. The Morgan fingerprint density at radius 2 is 1.81 bits per heavy atom. The lowest BCUT2D eigenvalue weighted by Crippen LogP contribution is -2.47. The lowest BCUT2D eigenvalue weighted by Gasteiger charge is -2.15. The zero-order chi connectivity index (χ0) is 16.4. The molecule has 1 aromatic rings. The molecule has 0 saturated heterocycles. The van der Waals surface area contributed by atoms with Crippen molar-refractivity contribution < 1.29 is 41.0 Å². The van der Waals surface area contributed by atoms with Crippen LogP contribution in [0.15, 0.2) is 11.4 Å². The fourth-order valence-corrected chi connectivity index (χ4v) is 2.10. The SMILES string of the molecule is O=C(O)C(Cc1csc(C(F)(F)F)c1)NC(=O)C(F)(F)F. The van der Waals surface area contributed by atoms with Crippen LogP contribution in [0.25, 0.3) is 0 Å². The van der Waals surface area contributed by atoms with E-state index >= 15 is 0 Å². The summed E-state index contributed by atoms with van der Waals surface area (Å²) in [6.07, 6.45) is -10.6. The third-order valence-corrected chi connectivity index (χ3v) is 3.26. The van der Waals surface area contributed by atoms with Gasteiger partial charge in [-0.1, -0.05) is 0 Å². The van der Waals surface area contributed by atoms with Gasteiger partial charge in [0.05, 0.1) is 0 Å². The Labute approximate surface area is 117 Å². The highest BCUT2D eigenvalue weighted by Gasteiger charge is 2.41. The average molecular weight is 335 g/mol. The van der Waals surface area contributed by atoms with Crippen molar-refractivity contribution in [2.24, 2.45) is 0 Å². The van der Waals surface area contributed by atoms with Crippen LogP contribution in [0.5, 0.6) is 0 Å². The van der Waals surface area contributed by atoms with Crippen LogP contribution in [0.1, 0.15) is 10.4 Å². The Balaban J connectivity index is 2.83. The summed E-state index contributed by atoms with van der Waals surface area (Å²) in [6.45, 7) is 0. The normalized spacial score (nSPS) is 13.8. The third-order valence-electron chi connectivity index (χ3n) is 2.23. The minimum atomic E-state index is -5.28. The van der Waals surface area contributed by atoms with Gasteiger partial charge in [0.15, 0.2) is 0 Å². The molecule has 1 aromatic heterocycles. The molecular formula is C10H7F6NO3S. The fourth-order valence-electron chi connectivity index (χ4n) is 1.31. The van der Waals surface area contributed by atoms with Crippen molar-refractivity contribution in [2.75, 3.05) is 0 Å². The van der Waals surface area contributed by atoms with Gasteiger partial charge >= 0.3 is 24.2 Å². The smallest absolute Gasteiger partial charge is 0.471 e. The van der Waals surface area contributed by atoms with E-state index in [1.54, 1.807) is 0 Å². The molecular weight excluding hydrogens is 328 g/mol. The van der Waals surface area contributed by atoms with Crippen molar-refractivity contribution in [3.8, 4) is 0 Å². The first-order chi connectivity index (χ1) is 9.41. The standard InChI is InChI=1S/C10H7F6NO3S/c11-9(12,13)6-2-4(3-21-6)1-5(7(18)19)17-8(20)10(14,15)16/h2-3,5H,1H2,(H,17,20)(H,18,19).